The van der Waals surface area contributed by atoms with Gasteiger partial charge in [-0.15, -0.1) is 0 Å². The van der Waals surface area contributed by atoms with Crippen LogP contribution < -0.4 is 4.90 Å². The number of anilines is 1. The van der Waals surface area contributed by atoms with Crippen LogP contribution in [0.25, 0.3) is 0 Å². The molecule has 0 aromatic heterocycles. The molecule has 0 spiro atoms. The topological polar surface area (TPSA) is 41.9 Å². The Hall–Kier alpha value is -1.71. The summed E-state index contributed by atoms with van der Waals surface area (Å²) >= 11 is 4.91. The minimum absolute atomic E-state index is 0.147. The van der Waals surface area contributed by atoms with E-state index >= 15 is 0 Å². The lowest BCUT2D eigenvalue weighted by Gasteiger charge is -2.31. The number of ether oxygens (including phenoxy) is 1. The molecule has 0 amide bonds. The van der Waals surface area contributed by atoms with Crippen molar-refractivity contribution in [2.75, 3.05) is 25.1 Å². The van der Waals surface area contributed by atoms with E-state index < -0.39 is 5.41 Å². The second-order valence-electron chi connectivity index (χ2n) is 8.38. The third-order valence-electron chi connectivity index (χ3n) is 5.24. The van der Waals surface area contributed by atoms with E-state index in [1.54, 1.807) is 0 Å². The van der Waals surface area contributed by atoms with Crippen LogP contribution in [0.15, 0.2) is 23.2 Å². The summed E-state index contributed by atoms with van der Waals surface area (Å²) in [5.74, 6) is 0.916. The molecule has 0 N–H and O–H groups in total. The third-order valence-corrected chi connectivity index (χ3v) is 5.33. The smallest absolute Gasteiger partial charge is 0.316 e. The maximum Gasteiger partial charge on any atom is 0.316 e. The Morgan fingerprint density at radius 1 is 1.22 bits per heavy atom. The van der Waals surface area contributed by atoms with Gasteiger partial charge in [0.15, 0.2) is 0 Å². The Morgan fingerprint density at radius 2 is 1.81 bits per heavy atom. The molecule has 0 saturated heterocycles. The van der Waals surface area contributed by atoms with Gasteiger partial charge in [-0.25, -0.2) is 0 Å². The zero-order chi connectivity index (χ0) is 20.0. The predicted octanol–water partition coefficient (Wildman–Crippen LogP) is 5.52. The first kappa shape index (κ1) is 21.6. The number of rotatable bonds is 8. The minimum atomic E-state index is -0.556. The third kappa shape index (κ3) is 4.97. The Kier molecular flexibility index (Phi) is 7.58. The maximum atomic E-state index is 12.6. The number of isothiocyanates is 1. The van der Waals surface area contributed by atoms with Crippen molar-refractivity contribution >= 4 is 34.7 Å². The van der Waals surface area contributed by atoms with Gasteiger partial charge in [-0.1, -0.05) is 46.6 Å². The predicted molar refractivity (Wildman–Crippen MR) is 115 cm³/mol. The molecule has 5 heteroatoms. The minimum Gasteiger partial charge on any atom is -0.468 e. The zero-order valence-corrected chi connectivity index (χ0v) is 18.1. The summed E-state index contributed by atoms with van der Waals surface area (Å²) in [6.45, 7) is 10.8. The average Bonchev–Trinajstić information content (AvgIpc) is 3.11. The van der Waals surface area contributed by atoms with Crippen molar-refractivity contribution in [1.82, 2.24) is 0 Å². The number of benzene rings is 1. The molecule has 1 aromatic carbocycles. The molecule has 0 radical (unpaired) electrons. The highest BCUT2D eigenvalue weighted by Gasteiger charge is 2.44. The Bertz CT molecular complexity index is 692. The van der Waals surface area contributed by atoms with Crippen molar-refractivity contribution in [3.63, 3.8) is 0 Å². The zero-order valence-electron chi connectivity index (χ0n) is 17.2. The highest BCUT2D eigenvalue weighted by molar-refractivity contribution is 7.78. The molecule has 2 rings (SSSR count). The molecule has 4 nitrogen and oxygen atoms in total. The lowest BCUT2D eigenvalue weighted by atomic mass is 9.78. The van der Waals surface area contributed by atoms with E-state index in [0.29, 0.717) is 11.8 Å². The standard InChI is InChI=1S/C22H32N2O2S/c1-16(2)13-24(14-17(3)4)20-9-8-18(12-19(20)23-15-27)22(21(25)26-5)10-6-7-11-22/h8-9,12,16-17H,6-7,10-11,13-14H2,1-5H3. The fourth-order valence-electron chi connectivity index (χ4n) is 4.16. The number of aliphatic imine (C=N–C) groups is 1. The fraction of sp³-hybridized carbons (Fsp3) is 0.636. The highest BCUT2D eigenvalue weighted by atomic mass is 32.1. The SMILES string of the molecule is COC(=O)C1(c2ccc(N(CC(C)C)CC(C)C)c(N=C=S)c2)CCCC1. The molecule has 1 fully saturated rings. The lowest BCUT2D eigenvalue weighted by molar-refractivity contribution is -0.147. The van der Waals surface area contributed by atoms with Gasteiger partial charge in [-0.3, -0.25) is 4.79 Å². The molecule has 0 unspecified atom stereocenters. The fourth-order valence-corrected chi connectivity index (χ4v) is 4.26. The van der Waals surface area contributed by atoms with E-state index in [1.165, 1.54) is 7.11 Å². The molecule has 0 heterocycles. The summed E-state index contributed by atoms with van der Waals surface area (Å²) in [5, 5.41) is 2.52. The number of hydrogen-bond donors (Lipinski definition) is 0. The molecule has 1 aliphatic rings. The molecule has 0 atom stereocenters. The summed E-state index contributed by atoms with van der Waals surface area (Å²) in [4.78, 5) is 19.3. The molecule has 1 aliphatic carbocycles. The van der Waals surface area contributed by atoms with Crippen LogP contribution in [-0.2, 0) is 14.9 Å². The van der Waals surface area contributed by atoms with Crippen LogP contribution in [0.3, 0.4) is 0 Å². The van der Waals surface area contributed by atoms with E-state index in [4.69, 9.17) is 17.0 Å². The van der Waals surface area contributed by atoms with E-state index in [-0.39, 0.29) is 5.97 Å². The van der Waals surface area contributed by atoms with Crippen molar-refractivity contribution < 1.29 is 9.53 Å². The van der Waals surface area contributed by atoms with Gasteiger partial charge >= 0.3 is 5.97 Å². The van der Waals surface area contributed by atoms with Crippen molar-refractivity contribution in [2.45, 2.75) is 58.8 Å². The molecule has 0 aliphatic heterocycles. The monoisotopic (exact) mass is 388 g/mol. The molecular formula is C22H32N2O2S. The second-order valence-corrected chi connectivity index (χ2v) is 8.56. The number of thiocarbonyl (C=S) groups is 1. The normalized spacial score (nSPS) is 15.7. The summed E-state index contributed by atoms with van der Waals surface area (Å²) in [5.41, 5.74) is 2.27. The average molecular weight is 389 g/mol. The van der Waals surface area contributed by atoms with Gasteiger partial charge in [0, 0.05) is 13.1 Å². The molecule has 0 bridgehead atoms. The van der Waals surface area contributed by atoms with Crippen LogP contribution in [-0.4, -0.2) is 31.3 Å². The van der Waals surface area contributed by atoms with E-state index in [2.05, 4.69) is 54.9 Å². The van der Waals surface area contributed by atoms with E-state index in [9.17, 15) is 4.79 Å². The van der Waals surface area contributed by atoms with Gasteiger partial charge in [-0.2, -0.15) is 4.99 Å². The number of methoxy groups -OCH3 is 1. The van der Waals surface area contributed by atoms with Gasteiger partial charge < -0.3 is 9.64 Å². The quantitative estimate of drug-likeness (QED) is 0.334. The van der Waals surface area contributed by atoms with Gasteiger partial charge in [0.1, 0.15) is 0 Å². The first-order valence-corrected chi connectivity index (χ1v) is 10.3. The molecule has 148 valence electrons. The van der Waals surface area contributed by atoms with Crippen LogP contribution in [0.1, 0.15) is 58.9 Å². The van der Waals surface area contributed by atoms with Crippen molar-refractivity contribution in [3.05, 3.63) is 23.8 Å². The number of nitrogens with zero attached hydrogens (tertiary/aromatic N) is 2. The van der Waals surface area contributed by atoms with Crippen molar-refractivity contribution in [2.24, 2.45) is 16.8 Å². The van der Waals surface area contributed by atoms with Crippen molar-refractivity contribution in [3.8, 4) is 0 Å². The van der Waals surface area contributed by atoms with E-state index in [1.807, 2.05) is 6.07 Å². The molecule has 1 aromatic rings. The second kappa shape index (κ2) is 9.48. The number of carbonyl (C=O) groups is 1. The lowest BCUT2D eigenvalue weighted by Crippen LogP contribution is -2.34. The highest BCUT2D eigenvalue weighted by Crippen LogP contribution is 2.44. The summed E-state index contributed by atoms with van der Waals surface area (Å²) in [6.07, 6.45) is 3.72. The molecule has 27 heavy (non-hydrogen) atoms. The van der Waals surface area contributed by atoms with Crippen LogP contribution in [0.4, 0.5) is 11.4 Å². The largest absolute Gasteiger partial charge is 0.468 e. The maximum absolute atomic E-state index is 12.6. The summed E-state index contributed by atoms with van der Waals surface area (Å²) in [6, 6.07) is 6.19. The van der Waals surface area contributed by atoms with Crippen LogP contribution in [0.5, 0.6) is 0 Å². The first-order valence-electron chi connectivity index (χ1n) is 9.89. The molecule has 1 saturated carbocycles. The van der Waals surface area contributed by atoms with Gasteiger partial charge in [0.05, 0.1) is 29.1 Å². The van der Waals surface area contributed by atoms with Gasteiger partial charge in [-0.05, 0) is 54.6 Å². The Labute approximate surface area is 169 Å². The van der Waals surface area contributed by atoms with Gasteiger partial charge in [0.2, 0.25) is 0 Å². The number of carbonyl (C=O) groups excluding carboxylic acids is 1. The summed E-state index contributed by atoms with van der Waals surface area (Å²) < 4.78 is 5.16. The van der Waals surface area contributed by atoms with E-state index in [0.717, 1.165) is 55.7 Å². The number of hydrogen-bond acceptors (Lipinski definition) is 5. The van der Waals surface area contributed by atoms with Crippen LogP contribution >= 0.6 is 12.2 Å². The first-order chi connectivity index (χ1) is 12.8. The van der Waals surface area contributed by atoms with Crippen LogP contribution in [0, 0.1) is 11.8 Å². The van der Waals surface area contributed by atoms with Gasteiger partial charge in [0.25, 0.3) is 0 Å². The number of esters is 1. The Morgan fingerprint density at radius 3 is 2.30 bits per heavy atom. The Balaban J connectivity index is 2.52. The van der Waals surface area contributed by atoms with Crippen molar-refractivity contribution in [1.29, 1.82) is 0 Å². The van der Waals surface area contributed by atoms with Crippen LogP contribution in [0.2, 0.25) is 0 Å². The summed E-state index contributed by atoms with van der Waals surface area (Å²) in [7, 11) is 1.47. The molecular weight excluding hydrogens is 356 g/mol.